The van der Waals surface area contributed by atoms with Gasteiger partial charge in [0.05, 0.1) is 10.6 Å². The molecule has 1 aromatic carbocycles. The summed E-state index contributed by atoms with van der Waals surface area (Å²) in [7, 11) is 0. The van der Waals surface area contributed by atoms with Gasteiger partial charge in [-0.15, -0.1) is 0 Å². The second-order valence-corrected chi connectivity index (χ2v) is 7.81. The van der Waals surface area contributed by atoms with Crippen molar-refractivity contribution in [3.8, 4) is 5.88 Å². The maximum absolute atomic E-state index is 12.9. The highest BCUT2D eigenvalue weighted by atomic mass is 35.5. The molecule has 2 aromatic rings. The predicted octanol–water partition coefficient (Wildman–Crippen LogP) is 4.09. The van der Waals surface area contributed by atoms with Gasteiger partial charge in [-0.25, -0.2) is 4.98 Å². The van der Waals surface area contributed by atoms with E-state index in [0.717, 1.165) is 38.7 Å². The minimum absolute atomic E-state index is 0.0622. The average molecular weight is 412 g/mol. The number of hydrogen-bond donors (Lipinski definition) is 0. The molecule has 0 N–H and O–H groups in total. The van der Waals surface area contributed by atoms with Crippen LogP contribution in [0, 0.1) is 0 Å². The summed E-state index contributed by atoms with van der Waals surface area (Å²) in [4.78, 5) is 8.80. The molecule has 0 amide bonds. The first-order chi connectivity index (χ1) is 13.4. The largest absolute Gasteiger partial charge is 0.473 e. The van der Waals surface area contributed by atoms with E-state index in [1.54, 1.807) is 24.4 Å². The standard InChI is InChI=1S/C20H21ClF3N3O/c21-16-4-5-19(25-10-16)28-18-9-17-12-26(6-7-27(17)13-18)11-14-2-1-3-15(8-14)20(22,23)24/h1-5,8,10,17-18H,6-7,9,11-13H2/t17-,18+/m0/s1. The van der Waals surface area contributed by atoms with Crippen LogP contribution in [0.25, 0.3) is 0 Å². The minimum Gasteiger partial charge on any atom is -0.473 e. The van der Waals surface area contributed by atoms with E-state index >= 15 is 0 Å². The van der Waals surface area contributed by atoms with Crippen molar-refractivity contribution in [2.24, 2.45) is 0 Å². The average Bonchev–Trinajstić information content (AvgIpc) is 3.05. The fourth-order valence-electron chi connectivity index (χ4n) is 4.00. The molecule has 2 aliphatic rings. The zero-order valence-corrected chi connectivity index (χ0v) is 16.0. The van der Waals surface area contributed by atoms with Crippen LogP contribution in [0.1, 0.15) is 17.5 Å². The number of halogens is 4. The summed E-state index contributed by atoms with van der Waals surface area (Å²) in [6.07, 6.45) is -1.80. The van der Waals surface area contributed by atoms with Crippen molar-refractivity contribution in [3.63, 3.8) is 0 Å². The molecule has 2 aliphatic heterocycles. The summed E-state index contributed by atoms with van der Waals surface area (Å²) in [5.41, 5.74) is 0.105. The molecular formula is C20H21ClF3N3O. The van der Waals surface area contributed by atoms with E-state index in [4.69, 9.17) is 16.3 Å². The molecule has 4 nitrogen and oxygen atoms in total. The lowest BCUT2D eigenvalue weighted by Gasteiger charge is -2.37. The van der Waals surface area contributed by atoms with E-state index in [1.165, 1.54) is 12.1 Å². The highest BCUT2D eigenvalue weighted by Crippen LogP contribution is 2.30. The topological polar surface area (TPSA) is 28.6 Å². The lowest BCUT2D eigenvalue weighted by atomic mass is 10.1. The second kappa shape index (κ2) is 7.89. The molecule has 0 unspecified atom stereocenters. The number of pyridine rings is 1. The molecule has 8 heteroatoms. The first-order valence-electron chi connectivity index (χ1n) is 9.27. The van der Waals surface area contributed by atoms with Gasteiger partial charge in [0, 0.05) is 57.4 Å². The van der Waals surface area contributed by atoms with Crippen molar-refractivity contribution in [1.82, 2.24) is 14.8 Å². The summed E-state index contributed by atoms with van der Waals surface area (Å²) in [5, 5.41) is 0.571. The van der Waals surface area contributed by atoms with Crippen LogP contribution in [-0.4, -0.2) is 53.1 Å². The Morgan fingerprint density at radius 1 is 1.14 bits per heavy atom. The van der Waals surface area contributed by atoms with E-state index in [0.29, 0.717) is 29.1 Å². The van der Waals surface area contributed by atoms with E-state index in [2.05, 4.69) is 14.8 Å². The molecule has 150 valence electrons. The molecule has 4 rings (SSSR count). The van der Waals surface area contributed by atoms with E-state index in [-0.39, 0.29) is 6.10 Å². The SMILES string of the molecule is FC(F)(F)c1cccc(CN2CCN3C[C@H](Oc4ccc(Cl)cn4)C[C@H]3C2)c1. The first-order valence-corrected chi connectivity index (χ1v) is 9.65. The van der Waals surface area contributed by atoms with Gasteiger partial charge < -0.3 is 4.74 Å². The van der Waals surface area contributed by atoms with Crippen molar-refractivity contribution in [1.29, 1.82) is 0 Å². The van der Waals surface area contributed by atoms with Crippen molar-refractivity contribution < 1.29 is 17.9 Å². The predicted molar refractivity (Wildman–Crippen MR) is 100 cm³/mol. The van der Waals surface area contributed by atoms with Gasteiger partial charge in [-0.2, -0.15) is 13.2 Å². The molecule has 0 aliphatic carbocycles. The number of nitrogens with zero attached hydrogens (tertiary/aromatic N) is 3. The van der Waals surface area contributed by atoms with Crippen molar-refractivity contribution >= 4 is 11.6 Å². The molecule has 28 heavy (non-hydrogen) atoms. The summed E-state index contributed by atoms with van der Waals surface area (Å²) in [5.74, 6) is 0.565. The molecule has 1 aromatic heterocycles. The van der Waals surface area contributed by atoms with Crippen LogP contribution in [0.15, 0.2) is 42.6 Å². The Kier molecular flexibility index (Phi) is 5.49. The van der Waals surface area contributed by atoms with Gasteiger partial charge in [-0.3, -0.25) is 9.80 Å². The van der Waals surface area contributed by atoms with Gasteiger partial charge >= 0.3 is 6.18 Å². The zero-order chi connectivity index (χ0) is 19.7. The van der Waals surface area contributed by atoms with Crippen LogP contribution in [0.2, 0.25) is 5.02 Å². The van der Waals surface area contributed by atoms with Gasteiger partial charge in [-0.1, -0.05) is 29.8 Å². The maximum Gasteiger partial charge on any atom is 0.416 e. The Labute approximate surface area is 166 Å². The number of piperazine rings is 1. The Hall–Kier alpha value is -1.83. The third kappa shape index (κ3) is 4.59. The molecular weight excluding hydrogens is 391 g/mol. The van der Waals surface area contributed by atoms with Crippen LogP contribution in [0.5, 0.6) is 5.88 Å². The fraction of sp³-hybridized carbons (Fsp3) is 0.450. The number of hydrogen-bond acceptors (Lipinski definition) is 4. The third-order valence-corrected chi connectivity index (χ3v) is 5.53. The maximum atomic E-state index is 12.9. The smallest absolute Gasteiger partial charge is 0.416 e. The zero-order valence-electron chi connectivity index (χ0n) is 15.2. The molecule has 2 fully saturated rings. The first kappa shape index (κ1) is 19.5. The van der Waals surface area contributed by atoms with Crippen molar-refractivity contribution in [2.45, 2.75) is 31.3 Å². The molecule has 2 atom stereocenters. The quantitative estimate of drug-likeness (QED) is 0.757. The molecule has 0 spiro atoms. The highest BCUT2D eigenvalue weighted by molar-refractivity contribution is 6.30. The van der Waals surface area contributed by atoms with Gasteiger partial charge in [0.15, 0.2) is 0 Å². The molecule has 0 saturated carbocycles. The van der Waals surface area contributed by atoms with Crippen LogP contribution in [-0.2, 0) is 12.7 Å². The lowest BCUT2D eigenvalue weighted by molar-refractivity contribution is -0.137. The molecule has 3 heterocycles. The molecule has 0 bridgehead atoms. The Bertz CT molecular complexity index is 815. The monoisotopic (exact) mass is 411 g/mol. The number of alkyl halides is 3. The number of aromatic nitrogens is 1. The highest BCUT2D eigenvalue weighted by Gasteiger charge is 2.37. The van der Waals surface area contributed by atoms with Crippen molar-refractivity contribution in [2.75, 3.05) is 26.2 Å². The second-order valence-electron chi connectivity index (χ2n) is 7.37. The van der Waals surface area contributed by atoms with Crippen LogP contribution < -0.4 is 4.74 Å². The summed E-state index contributed by atoms with van der Waals surface area (Å²) >= 11 is 5.85. The Morgan fingerprint density at radius 2 is 2.00 bits per heavy atom. The van der Waals surface area contributed by atoms with Gasteiger partial charge in [0.2, 0.25) is 5.88 Å². The molecule has 0 radical (unpaired) electrons. The van der Waals surface area contributed by atoms with Crippen LogP contribution >= 0.6 is 11.6 Å². The summed E-state index contributed by atoms with van der Waals surface area (Å²) in [6, 6.07) is 9.46. The number of ether oxygens (including phenoxy) is 1. The van der Waals surface area contributed by atoms with E-state index < -0.39 is 11.7 Å². The van der Waals surface area contributed by atoms with Crippen molar-refractivity contribution in [3.05, 3.63) is 58.7 Å². The Balaban J connectivity index is 1.34. The normalized spacial score (nSPS) is 23.6. The minimum atomic E-state index is -4.31. The van der Waals surface area contributed by atoms with Gasteiger partial charge in [0.1, 0.15) is 6.10 Å². The van der Waals surface area contributed by atoms with Crippen LogP contribution in [0.4, 0.5) is 13.2 Å². The van der Waals surface area contributed by atoms with E-state index in [9.17, 15) is 13.2 Å². The number of rotatable bonds is 4. The fourth-order valence-corrected chi connectivity index (χ4v) is 4.11. The van der Waals surface area contributed by atoms with Gasteiger partial charge in [-0.05, 0) is 17.7 Å². The van der Waals surface area contributed by atoms with Gasteiger partial charge in [0.25, 0.3) is 0 Å². The van der Waals surface area contributed by atoms with Crippen LogP contribution in [0.3, 0.4) is 0 Å². The molecule has 2 saturated heterocycles. The third-order valence-electron chi connectivity index (χ3n) is 5.31. The summed E-state index contributed by atoms with van der Waals surface area (Å²) < 4.78 is 44.7. The number of benzene rings is 1. The lowest BCUT2D eigenvalue weighted by Crippen LogP contribution is -2.49. The number of fused-ring (bicyclic) bond motifs is 1. The van der Waals surface area contributed by atoms with E-state index in [1.807, 2.05) is 0 Å². The summed E-state index contributed by atoms with van der Waals surface area (Å²) in [6.45, 7) is 3.91. The Morgan fingerprint density at radius 3 is 2.75 bits per heavy atom.